The van der Waals surface area contributed by atoms with Crippen molar-refractivity contribution < 1.29 is 14.3 Å². The summed E-state index contributed by atoms with van der Waals surface area (Å²) in [5.74, 6) is 1.43. The molecule has 0 spiro atoms. The van der Waals surface area contributed by atoms with Crippen molar-refractivity contribution in [1.29, 1.82) is 0 Å². The molecule has 0 unspecified atom stereocenters. The number of amides is 1. The van der Waals surface area contributed by atoms with Crippen molar-refractivity contribution in [3.63, 3.8) is 0 Å². The fraction of sp³-hybridized carbons (Fsp3) is 0.190. The molecule has 0 radical (unpaired) electrons. The van der Waals surface area contributed by atoms with Gasteiger partial charge in [0, 0.05) is 48.6 Å². The molecule has 140 valence electrons. The molecule has 0 aliphatic carbocycles. The van der Waals surface area contributed by atoms with Crippen LogP contribution in [-0.2, 0) is 17.8 Å². The number of fused-ring (bicyclic) bond motifs is 2. The molecular weight excluding hydrogens is 356 g/mol. The molecule has 4 heterocycles. The summed E-state index contributed by atoms with van der Waals surface area (Å²) in [6.45, 7) is 1.41. The first kappa shape index (κ1) is 16.6. The maximum atomic E-state index is 12.6. The summed E-state index contributed by atoms with van der Waals surface area (Å²) in [4.78, 5) is 18.7. The number of nitrogens with zero attached hydrogens (tertiary/aromatic N) is 3. The molecule has 0 saturated heterocycles. The van der Waals surface area contributed by atoms with Gasteiger partial charge in [-0.3, -0.25) is 14.9 Å². The number of carbonyl (C=O) groups excluding carboxylic acids is 1. The van der Waals surface area contributed by atoms with Crippen LogP contribution in [0, 0.1) is 0 Å². The van der Waals surface area contributed by atoms with Crippen LogP contribution in [-0.4, -0.2) is 39.3 Å². The van der Waals surface area contributed by atoms with Crippen LogP contribution in [0.5, 0.6) is 11.5 Å². The monoisotopic (exact) mass is 374 g/mol. The minimum absolute atomic E-state index is 0.0332. The van der Waals surface area contributed by atoms with E-state index < -0.39 is 0 Å². The third kappa shape index (κ3) is 3.00. The first-order valence-corrected chi connectivity index (χ1v) is 9.12. The molecule has 3 aromatic rings. The molecule has 2 aliphatic rings. The van der Waals surface area contributed by atoms with Gasteiger partial charge in [0.15, 0.2) is 11.5 Å². The first-order valence-electron chi connectivity index (χ1n) is 9.12. The van der Waals surface area contributed by atoms with E-state index in [1.54, 1.807) is 18.3 Å². The lowest BCUT2D eigenvalue weighted by Gasteiger charge is -2.26. The van der Waals surface area contributed by atoms with Gasteiger partial charge in [-0.15, -0.1) is 0 Å². The Kier molecular flexibility index (Phi) is 4.05. The summed E-state index contributed by atoms with van der Waals surface area (Å²) in [7, 11) is 0. The SMILES string of the molecule is O=C(C=Cc1ccccn1)N1CCc2[nH]nc(-c3ccc4c(c3)OCO4)c2C1. The van der Waals surface area contributed by atoms with E-state index in [1.165, 1.54) is 0 Å². The van der Waals surface area contributed by atoms with Crippen molar-refractivity contribution in [1.82, 2.24) is 20.1 Å². The topological polar surface area (TPSA) is 80.3 Å². The Morgan fingerprint density at radius 3 is 3.00 bits per heavy atom. The molecule has 7 nitrogen and oxygen atoms in total. The van der Waals surface area contributed by atoms with Gasteiger partial charge in [-0.1, -0.05) is 6.07 Å². The van der Waals surface area contributed by atoms with Gasteiger partial charge in [0.1, 0.15) is 0 Å². The van der Waals surface area contributed by atoms with Crippen molar-refractivity contribution in [2.45, 2.75) is 13.0 Å². The Hall–Kier alpha value is -3.61. The van der Waals surface area contributed by atoms with Gasteiger partial charge in [-0.05, 0) is 36.4 Å². The second-order valence-corrected chi connectivity index (χ2v) is 6.70. The normalized spacial score (nSPS) is 15.1. The molecule has 1 aromatic carbocycles. The molecule has 1 N–H and O–H groups in total. The van der Waals surface area contributed by atoms with Crippen LogP contribution < -0.4 is 9.47 Å². The highest BCUT2D eigenvalue weighted by Crippen LogP contribution is 2.37. The van der Waals surface area contributed by atoms with Gasteiger partial charge < -0.3 is 14.4 Å². The molecule has 0 atom stereocenters. The van der Waals surface area contributed by atoms with E-state index in [4.69, 9.17) is 9.47 Å². The Morgan fingerprint density at radius 1 is 1.18 bits per heavy atom. The van der Waals surface area contributed by atoms with Crippen molar-refractivity contribution >= 4 is 12.0 Å². The largest absolute Gasteiger partial charge is 0.454 e. The summed E-state index contributed by atoms with van der Waals surface area (Å²) in [6, 6.07) is 11.4. The number of ether oxygens (including phenoxy) is 2. The molecule has 7 heteroatoms. The standard InChI is InChI=1S/C21H18N4O3/c26-20(7-5-15-3-1-2-9-22-15)25-10-8-17-16(12-25)21(24-23-17)14-4-6-18-19(11-14)28-13-27-18/h1-7,9,11H,8,10,12-13H2,(H,23,24). The predicted octanol–water partition coefficient (Wildman–Crippen LogP) is 2.80. The third-order valence-electron chi connectivity index (χ3n) is 4.98. The Labute approximate surface area is 161 Å². The molecule has 2 aromatic heterocycles. The van der Waals surface area contributed by atoms with Crippen LogP contribution >= 0.6 is 0 Å². The number of H-pyrrole nitrogens is 1. The highest BCUT2D eigenvalue weighted by Gasteiger charge is 2.25. The van der Waals surface area contributed by atoms with E-state index in [0.717, 1.165) is 46.1 Å². The second-order valence-electron chi connectivity index (χ2n) is 6.70. The van der Waals surface area contributed by atoms with Gasteiger partial charge in [0.25, 0.3) is 0 Å². The molecular formula is C21H18N4O3. The summed E-state index contributed by atoms with van der Waals surface area (Å²) >= 11 is 0. The quantitative estimate of drug-likeness (QED) is 0.713. The average Bonchev–Trinajstić information content (AvgIpc) is 3.38. The number of nitrogens with one attached hydrogen (secondary N) is 1. The number of pyridine rings is 1. The van der Waals surface area contributed by atoms with Crippen LogP contribution in [0.2, 0.25) is 0 Å². The molecule has 0 bridgehead atoms. The van der Waals surface area contributed by atoms with Crippen LogP contribution in [0.4, 0.5) is 0 Å². The third-order valence-corrected chi connectivity index (χ3v) is 4.98. The zero-order valence-corrected chi connectivity index (χ0v) is 15.1. The van der Waals surface area contributed by atoms with Gasteiger partial charge in [0.2, 0.25) is 12.7 Å². The average molecular weight is 374 g/mol. The fourth-order valence-corrected chi connectivity index (χ4v) is 3.50. The minimum atomic E-state index is -0.0332. The van der Waals surface area contributed by atoms with Crippen molar-refractivity contribution in [2.24, 2.45) is 0 Å². The van der Waals surface area contributed by atoms with Gasteiger partial charge in [-0.2, -0.15) is 5.10 Å². The van der Waals surface area contributed by atoms with Crippen LogP contribution in [0.25, 0.3) is 17.3 Å². The zero-order chi connectivity index (χ0) is 18.9. The van der Waals surface area contributed by atoms with Crippen molar-refractivity contribution in [3.05, 3.63) is 65.6 Å². The van der Waals surface area contributed by atoms with Crippen LogP contribution in [0.15, 0.2) is 48.7 Å². The highest BCUT2D eigenvalue weighted by molar-refractivity contribution is 5.91. The van der Waals surface area contributed by atoms with Crippen molar-refractivity contribution in [2.75, 3.05) is 13.3 Å². The minimum Gasteiger partial charge on any atom is -0.454 e. The number of hydrogen-bond donors (Lipinski definition) is 1. The maximum absolute atomic E-state index is 12.6. The molecule has 0 saturated carbocycles. The molecule has 0 fully saturated rings. The number of benzene rings is 1. The second kappa shape index (κ2) is 6.84. The number of carbonyl (C=O) groups is 1. The molecule has 1 amide bonds. The summed E-state index contributed by atoms with van der Waals surface area (Å²) in [5.41, 5.74) is 4.67. The van der Waals surface area contributed by atoms with E-state index in [2.05, 4.69) is 15.2 Å². The van der Waals surface area contributed by atoms with E-state index in [0.29, 0.717) is 13.1 Å². The number of aromatic amines is 1. The maximum Gasteiger partial charge on any atom is 0.246 e. The Balaban J connectivity index is 1.38. The Morgan fingerprint density at radius 2 is 2.11 bits per heavy atom. The van der Waals surface area contributed by atoms with E-state index in [9.17, 15) is 4.79 Å². The smallest absolute Gasteiger partial charge is 0.246 e. The number of aromatic nitrogens is 3. The highest BCUT2D eigenvalue weighted by atomic mass is 16.7. The number of hydrogen-bond acceptors (Lipinski definition) is 5. The fourth-order valence-electron chi connectivity index (χ4n) is 3.50. The number of rotatable bonds is 3. The van der Waals surface area contributed by atoms with E-state index in [-0.39, 0.29) is 12.7 Å². The van der Waals surface area contributed by atoms with Gasteiger partial charge >= 0.3 is 0 Å². The molecule has 5 rings (SSSR count). The van der Waals surface area contributed by atoms with E-state index >= 15 is 0 Å². The predicted molar refractivity (Wildman–Crippen MR) is 103 cm³/mol. The lowest BCUT2D eigenvalue weighted by molar-refractivity contribution is -0.126. The first-order chi connectivity index (χ1) is 13.8. The summed E-state index contributed by atoms with van der Waals surface area (Å²) < 4.78 is 10.9. The molecule has 28 heavy (non-hydrogen) atoms. The Bertz CT molecular complexity index is 1060. The van der Waals surface area contributed by atoms with Gasteiger partial charge in [0.05, 0.1) is 11.4 Å². The van der Waals surface area contributed by atoms with E-state index in [1.807, 2.05) is 41.3 Å². The lowest BCUT2D eigenvalue weighted by Crippen LogP contribution is -2.34. The molecule has 2 aliphatic heterocycles. The van der Waals surface area contributed by atoms with Crippen molar-refractivity contribution in [3.8, 4) is 22.8 Å². The van der Waals surface area contributed by atoms with Crippen LogP contribution in [0.1, 0.15) is 17.0 Å². The lowest BCUT2D eigenvalue weighted by atomic mass is 10.0. The summed E-state index contributed by atoms with van der Waals surface area (Å²) in [6.07, 6.45) is 5.77. The summed E-state index contributed by atoms with van der Waals surface area (Å²) in [5, 5.41) is 7.62. The van der Waals surface area contributed by atoms with Crippen LogP contribution in [0.3, 0.4) is 0 Å². The van der Waals surface area contributed by atoms with Gasteiger partial charge in [-0.25, -0.2) is 0 Å². The zero-order valence-electron chi connectivity index (χ0n) is 15.1.